The minimum atomic E-state index is -0.305. The van der Waals surface area contributed by atoms with Gasteiger partial charge in [0.25, 0.3) is 5.91 Å². The molecule has 0 aliphatic heterocycles. The van der Waals surface area contributed by atoms with Crippen molar-refractivity contribution in [1.29, 1.82) is 0 Å². The number of hydrogen-bond donors (Lipinski definition) is 3. The number of aliphatic hydroxyl groups is 1. The summed E-state index contributed by atoms with van der Waals surface area (Å²) in [6.45, 7) is 0.0504. The zero-order valence-electron chi connectivity index (χ0n) is 12.0. The van der Waals surface area contributed by atoms with Crippen LogP contribution in [0.4, 0.5) is 0 Å². The van der Waals surface area contributed by atoms with Crippen LogP contribution >= 0.6 is 0 Å². The largest absolute Gasteiger partial charge is 0.508 e. The molecule has 1 aromatic carbocycles. The van der Waals surface area contributed by atoms with Crippen molar-refractivity contribution in [3.05, 3.63) is 36.0 Å². The number of phenols is 1. The molecule has 22 heavy (non-hydrogen) atoms. The quantitative estimate of drug-likeness (QED) is 0.758. The first-order valence-electron chi connectivity index (χ1n) is 7.35. The van der Waals surface area contributed by atoms with Crippen molar-refractivity contribution in [2.24, 2.45) is 5.92 Å². The minimum absolute atomic E-state index is 0.0154. The fraction of sp³-hybridized carbons (Fsp3) is 0.375. The molecule has 6 heteroatoms. The van der Waals surface area contributed by atoms with Gasteiger partial charge >= 0.3 is 0 Å². The first-order chi connectivity index (χ1) is 10.7. The van der Waals surface area contributed by atoms with E-state index in [0.717, 1.165) is 12.8 Å². The number of aromatic nitrogens is 1. The summed E-state index contributed by atoms with van der Waals surface area (Å²) in [4.78, 5) is 12.2. The Kier molecular flexibility index (Phi) is 4.11. The fourth-order valence-corrected chi connectivity index (χ4v) is 2.48. The summed E-state index contributed by atoms with van der Waals surface area (Å²) in [5.74, 6) is 0.692. The molecule has 1 atom stereocenters. The summed E-state index contributed by atoms with van der Waals surface area (Å²) >= 11 is 0. The second-order valence-corrected chi connectivity index (χ2v) is 5.56. The summed E-state index contributed by atoms with van der Waals surface area (Å²) in [6.07, 6.45) is 2.71. The van der Waals surface area contributed by atoms with Crippen LogP contribution in [0.2, 0.25) is 0 Å². The zero-order chi connectivity index (χ0) is 15.5. The molecular weight excluding hydrogens is 284 g/mol. The Labute approximate surface area is 127 Å². The third-order valence-corrected chi connectivity index (χ3v) is 3.82. The highest BCUT2D eigenvalue weighted by atomic mass is 16.5. The number of benzene rings is 1. The van der Waals surface area contributed by atoms with Gasteiger partial charge in [0, 0.05) is 24.3 Å². The Bertz CT molecular complexity index is 664. The average molecular weight is 302 g/mol. The number of phenolic OH excluding ortho intramolecular Hbond substituents is 1. The third kappa shape index (κ3) is 3.28. The molecule has 3 rings (SSSR count). The van der Waals surface area contributed by atoms with Gasteiger partial charge < -0.3 is 20.1 Å². The summed E-state index contributed by atoms with van der Waals surface area (Å²) in [7, 11) is 0. The third-order valence-electron chi connectivity index (χ3n) is 3.82. The van der Waals surface area contributed by atoms with E-state index in [9.17, 15) is 9.90 Å². The molecule has 2 aromatic rings. The van der Waals surface area contributed by atoms with Crippen LogP contribution in [0.1, 0.15) is 29.8 Å². The van der Waals surface area contributed by atoms with E-state index in [0.29, 0.717) is 23.7 Å². The lowest BCUT2D eigenvalue weighted by atomic mass is 10.1. The second kappa shape index (κ2) is 6.19. The van der Waals surface area contributed by atoms with E-state index in [1.807, 2.05) is 0 Å². The van der Waals surface area contributed by atoms with Crippen LogP contribution in [0.3, 0.4) is 0 Å². The molecule has 6 nitrogen and oxygen atoms in total. The van der Waals surface area contributed by atoms with Gasteiger partial charge in [-0.25, -0.2) is 0 Å². The Morgan fingerprint density at radius 3 is 2.91 bits per heavy atom. The Hall–Kier alpha value is -2.34. The molecular formula is C16H18N2O4. The van der Waals surface area contributed by atoms with Crippen LogP contribution < -0.4 is 5.32 Å². The molecule has 1 unspecified atom stereocenters. The highest BCUT2D eigenvalue weighted by Gasteiger charge is 2.32. The number of aliphatic hydroxyl groups excluding tert-OH is 1. The Balaban J connectivity index is 1.71. The maximum absolute atomic E-state index is 12.2. The van der Waals surface area contributed by atoms with Gasteiger partial charge in [-0.2, -0.15) is 0 Å². The van der Waals surface area contributed by atoms with Crippen molar-refractivity contribution in [2.75, 3.05) is 6.61 Å². The van der Waals surface area contributed by atoms with Crippen molar-refractivity contribution in [2.45, 2.75) is 25.3 Å². The van der Waals surface area contributed by atoms with Crippen molar-refractivity contribution < 1.29 is 19.5 Å². The molecule has 0 radical (unpaired) electrons. The molecule has 0 bridgehead atoms. The predicted molar refractivity (Wildman–Crippen MR) is 79.3 cm³/mol. The Morgan fingerprint density at radius 1 is 1.41 bits per heavy atom. The summed E-state index contributed by atoms with van der Waals surface area (Å²) in [5.41, 5.74) is 0.850. The van der Waals surface area contributed by atoms with E-state index in [-0.39, 0.29) is 30.0 Å². The summed E-state index contributed by atoms with van der Waals surface area (Å²) < 4.78 is 5.17. The number of carbonyl (C=O) groups is 1. The molecule has 1 heterocycles. The molecule has 1 aliphatic carbocycles. The molecule has 1 saturated carbocycles. The average Bonchev–Trinajstić information content (AvgIpc) is 3.23. The van der Waals surface area contributed by atoms with Crippen LogP contribution in [-0.4, -0.2) is 33.9 Å². The van der Waals surface area contributed by atoms with E-state index in [1.165, 1.54) is 0 Å². The highest BCUT2D eigenvalue weighted by Crippen LogP contribution is 2.34. The van der Waals surface area contributed by atoms with E-state index < -0.39 is 0 Å². The normalized spacial score (nSPS) is 15.5. The van der Waals surface area contributed by atoms with Gasteiger partial charge in [0.1, 0.15) is 5.75 Å². The molecule has 1 amide bonds. The van der Waals surface area contributed by atoms with Gasteiger partial charge in [-0.05, 0) is 37.3 Å². The molecule has 3 N–H and O–H groups in total. The van der Waals surface area contributed by atoms with Gasteiger partial charge in [0.05, 0.1) is 0 Å². The maximum Gasteiger partial charge on any atom is 0.273 e. The molecule has 0 spiro atoms. The van der Waals surface area contributed by atoms with E-state index >= 15 is 0 Å². The highest BCUT2D eigenvalue weighted by molar-refractivity contribution is 5.93. The number of nitrogens with one attached hydrogen (secondary N) is 1. The van der Waals surface area contributed by atoms with Gasteiger partial charge in [-0.15, -0.1) is 0 Å². The fourth-order valence-electron chi connectivity index (χ4n) is 2.48. The lowest BCUT2D eigenvalue weighted by Crippen LogP contribution is -2.37. The SMILES string of the molecule is O=C(NC(CCO)C1CC1)c1cc(-c2cccc(O)c2)on1. The monoisotopic (exact) mass is 302 g/mol. The van der Waals surface area contributed by atoms with Gasteiger partial charge in [0.2, 0.25) is 0 Å². The van der Waals surface area contributed by atoms with Crippen molar-refractivity contribution in [3.8, 4) is 17.1 Å². The summed E-state index contributed by atoms with van der Waals surface area (Å²) in [6, 6.07) is 8.09. The number of rotatable bonds is 6. The molecule has 1 fully saturated rings. The van der Waals surface area contributed by atoms with E-state index in [4.69, 9.17) is 9.63 Å². The topological polar surface area (TPSA) is 95.6 Å². The van der Waals surface area contributed by atoms with Crippen molar-refractivity contribution >= 4 is 5.91 Å². The number of amides is 1. The van der Waals surface area contributed by atoms with Crippen LogP contribution in [0.5, 0.6) is 5.75 Å². The van der Waals surface area contributed by atoms with Gasteiger partial charge in [-0.3, -0.25) is 4.79 Å². The number of hydrogen-bond acceptors (Lipinski definition) is 5. The lowest BCUT2D eigenvalue weighted by Gasteiger charge is -2.15. The van der Waals surface area contributed by atoms with E-state index in [2.05, 4.69) is 10.5 Å². The first kappa shape index (κ1) is 14.6. The van der Waals surface area contributed by atoms with Crippen molar-refractivity contribution in [1.82, 2.24) is 10.5 Å². The minimum Gasteiger partial charge on any atom is -0.508 e. The van der Waals surface area contributed by atoms with Gasteiger partial charge in [0.15, 0.2) is 11.5 Å². The summed E-state index contributed by atoms with van der Waals surface area (Å²) in [5, 5.41) is 25.2. The number of nitrogens with zero attached hydrogens (tertiary/aromatic N) is 1. The smallest absolute Gasteiger partial charge is 0.273 e. The van der Waals surface area contributed by atoms with Crippen LogP contribution in [0.25, 0.3) is 11.3 Å². The molecule has 0 saturated heterocycles. The zero-order valence-corrected chi connectivity index (χ0v) is 12.0. The lowest BCUT2D eigenvalue weighted by molar-refractivity contribution is 0.0915. The maximum atomic E-state index is 12.2. The standard InChI is InChI=1S/C16H18N2O4/c19-7-6-13(10-4-5-10)17-16(21)14-9-15(22-18-14)11-2-1-3-12(20)8-11/h1-3,8-10,13,19-20H,4-7H2,(H,17,21). The molecule has 116 valence electrons. The first-order valence-corrected chi connectivity index (χ1v) is 7.35. The van der Waals surface area contributed by atoms with Crippen LogP contribution in [0, 0.1) is 5.92 Å². The second-order valence-electron chi connectivity index (χ2n) is 5.56. The van der Waals surface area contributed by atoms with Crippen LogP contribution in [0.15, 0.2) is 34.9 Å². The Morgan fingerprint density at radius 2 is 2.23 bits per heavy atom. The number of carbonyl (C=O) groups excluding carboxylic acids is 1. The molecule has 1 aromatic heterocycles. The molecule has 1 aliphatic rings. The number of aromatic hydroxyl groups is 1. The van der Waals surface area contributed by atoms with Gasteiger partial charge in [-0.1, -0.05) is 17.3 Å². The van der Waals surface area contributed by atoms with Crippen LogP contribution in [-0.2, 0) is 0 Å². The van der Waals surface area contributed by atoms with E-state index in [1.54, 1.807) is 30.3 Å². The van der Waals surface area contributed by atoms with Crippen molar-refractivity contribution in [3.63, 3.8) is 0 Å². The predicted octanol–water partition coefficient (Wildman–Crippen LogP) is 1.94.